The molecular weight excluding hydrogens is 249 g/mol. The molecule has 0 atom stereocenters. The summed E-state index contributed by atoms with van der Waals surface area (Å²) in [4.78, 5) is 0. The molecule has 0 aliphatic heterocycles. The van der Waals surface area contributed by atoms with Crippen molar-refractivity contribution < 1.29 is 9.52 Å². The second-order valence-corrected chi connectivity index (χ2v) is 4.01. The maximum Gasteiger partial charge on any atom is 0.193 e. The minimum absolute atomic E-state index is 0.0632. The van der Waals surface area contributed by atoms with Gasteiger partial charge in [-0.15, -0.1) is 0 Å². The Bertz CT molecular complexity index is 496. The predicted octanol–water partition coefficient (Wildman–Crippen LogP) is 3.90. The van der Waals surface area contributed by atoms with Crippen molar-refractivity contribution in [2.45, 2.75) is 6.54 Å². The van der Waals surface area contributed by atoms with E-state index < -0.39 is 0 Å². The van der Waals surface area contributed by atoms with E-state index in [9.17, 15) is 5.11 Å². The Kier molecular flexibility index (Phi) is 3.27. The molecule has 84 valence electrons. The molecular formula is C11H9Cl2NO2. The summed E-state index contributed by atoms with van der Waals surface area (Å²) in [5, 5.41) is 13.0. The summed E-state index contributed by atoms with van der Waals surface area (Å²) in [6.45, 7) is 0.508. The number of hydrogen-bond donors (Lipinski definition) is 2. The minimum Gasteiger partial charge on any atom is -0.506 e. The lowest BCUT2D eigenvalue weighted by Crippen LogP contribution is -1.97. The summed E-state index contributed by atoms with van der Waals surface area (Å²) in [6, 6.07) is 8.37. The summed E-state index contributed by atoms with van der Waals surface area (Å²) in [5.74, 6) is 0.794. The topological polar surface area (TPSA) is 45.4 Å². The average molecular weight is 258 g/mol. The van der Waals surface area contributed by atoms with E-state index >= 15 is 0 Å². The molecule has 2 N–H and O–H groups in total. The third kappa shape index (κ3) is 2.62. The second kappa shape index (κ2) is 4.68. The van der Waals surface area contributed by atoms with Crippen LogP contribution in [0.15, 0.2) is 34.7 Å². The van der Waals surface area contributed by atoms with Crippen LogP contribution in [0.3, 0.4) is 0 Å². The predicted molar refractivity (Wildman–Crippen MR) is 64.2 cm³/mol. The smallest absolute Gasteiger partial charge is 0.193 e. The van der Waals surface area contributed by atoms with Crippen molar-refractivity contribution in [3.05, 3.63) is 46.3 Å². The van der Waals surface area contributed by atoms with E-state index in [0.717, 1.165) is 11.4 Å². The van der Waals surface area contributed by atoms with E-state index in [1.54, 1.807) is 24.3 Å². The highest BCUT2D eigenvalue weighted by molar-refractivity contribution is 6.32. The molecule has 0 aliphatic rings. The lowest BCUT2D eigenvalue weighted by Gasteiger charge is -2.05. The van der Waals surface area contributed by atoms with E-state index in [-0.39, 0.29) is 5.75 Å². The summed E-state index contributed by atoms with van der Waals surface area (Å²) in [7, 11) is 0. The number of phenolic OH excluding ortho intramolecular Hbond substituents is 1. The van der Waals surface area contributed by atoms with Crippen molar-refractivity contribution in [2.24, 2.45) is 0 Å². The van der Waals surface area contributed by atoms with Gasteiger partial charge in [-0.1, -0.05) is 11.6 Å². The van der Waals surface area contributed by atoms with Crippen LogP contribution in [0.2, 0.25) is 10.2 Å². The molecule has 2 aromatic rings. The summed E-state index contributed by atoms with van der Waals surface area (Å²) in [5.41, 5.74) is 0.801. The van der Waals surface area contributed by atoms with Crippen LogP contribution in [0.4, 0.5) is 5.69 Å². The first-order valence-electron chi connectivity index (χ1n) is 4.62. The third-order valence-corrected chi connectivity index (χ3v) is 2.55. The van der Waals surface area contributed by atoms with Crippen LogP contribution in [0.5, 0.6) is 5.75 Å². The Hall–Kier alpha value is -1.32. The minimum atomic E-state index is 0.0632. The van der Waals surface area contributed by atoms with Crippen molar-refractivity contribution in [1.82, 2.24) is 0 Å². The van der Waals surface area contributed by atoms with Crippen LogP contribution >= 0.6 is 23.2 Å². The largest absolute Gasteiger partial charge is 0.506 e. The maximum absolute atomic E-state index is 9.24. The van der Waals surface area contributed by atoms with Gasteiger partial charge in [0.2, 0.25) is 0 Å². The molecule has 1 heterocycles. The molecule has 3 nitrogen and oxygen atoms in total. The van der Waals surface area contributed by atoms with Crippen LogP contribution in [0, 0.1) is 0 Å². The number of hydrogen-bond acceptors (Lipinski definition) is 3. The lowest BCUT2D eigenvalue weighted by molar-refractivity contribution is 0.475. The number of phenols is 1. The Morgan fingerprint density at radius 2 is 2.00 bits per heavy atom. The first kappa shape index (κ1) is 11.2. The molecule has 1 aromatic heterocycles. The molecule has 0 bridgehead atoms. The third-order valence-electron chi connectivity index (χ3n) is 2.04. The zero-order valence-electron chi connectivity index (χ0n) is 8.21. The van der Waals surface area contributed by atoms with E-state index in [1.165, 1.54) is 6.07 Å². The molecule has 16 heavy (non-hydrogen) atoms. The van der Waals surface area contributed by atoms with E-state index in [0.29, 0.717) is 16.8 Å². The molecule has 0 saturated carbocycles. The van der Waals surface area contributed by atoms with Crippen molar-refractivity contribution in [3.63, 3.8) is 0 Å². The highest BCUT2D eigenvalue weighted by Gasteiger charge is 2.02. The van der Waals surface area contributed by atoms with Crippen molar-refractivity contribution in [2.75, 3.05) is 5.32 Å². The number of benzene rings is 1. The fraction of sp³-hybridized carbons (Fsp3) is 0.0909. The van der Waals surface area contributed by atoms with Crippen LogP contribution in [-0.2, 0) is 6.54 Å². The number of halogens is 2. The van der Waals surface area contributed by atoms with Crippen molar-refractivity contribution >= 4 is 28.9 Å². The number of rotatable bonds is 3. The van der Waals surface area contributed by atoms with Gasteiger partial charge in [0.15, 0.2) is 5.22 Å². The SMILES string of the molecule is Oc1ccc(NCc2ccc(Cl)o2)cc1Cl. The molecule has 1 aromatic carbocycles. The fourth-order valence-corrected chi connectivity index (χ4v) is 1.60. The van der Waals surface area contributed by atoms with Gasteiger partial charge < -0.3 is 14.8 Å². The standard InChI is InChI=1S/C11H9Cl2NO2/c12-9-5-7(1-3-10(9)15)14-6-8-2-4-11(13)16-8/h1-5,14-15H,6H2. The number of furan rings is 1. The van der Waals surface area contributed by atoms with Crippen molar-refractivity contribution in [1.29, 1.82) is 0 Å². The molecule has 0 amide bonds. The van der Waals surface area contributed by atoms with Gasteiger partial charge in [0.05, 0.1) is 11.6 Å². The Morgan fingerprint density at radius 1 is 1.19 bits per heavy atom. The monoisotopic (exact) mass is 257 g/mol. The number of aromatic hydroxyl groups is 1. The van der Waals surface area contributed by atoms with Gasteiger partial charge in [-0.25, -0.2) is 0 Å². The zero-order chi connectivity index (χ0) is 11.5. The molecule has 0 unspecified atom stereocenters. The van der Waals surface area contributed by atoms with Gasteiger partial charge in [-0.05, 0) is 41.9 Å². The van der Waals surface area contributed by atoms with Gasteiger partial charge >= 0.3 is 0 Å². The highest BCUT2D eigenvalue weighted by atomic mass is 35.5. The molecule has 0 saturated heterocycles. The molecule has 5 heteroatoms. The first-order valence-corrected chi connectivity index (χ1v) is 5.37. The van der Waals surface area contributed by atoms with Crippen LogP contribution in [0.25, 0.3) is 0 Å². The summed E-state index contributed by atoms with van der Waals surface area (Å²) >= 11 is 11.4. The van der Waals surface area contributed by atoms with Gasteiger partial charge in [0.25, 0.3) is 0 Å². The molecule has 0 spiro atoms. The number of anilines is 1. The fourth-order valence-electron chi connectivity index (χ4n) is 1.25. The summed E-state index contributed by atoms with van der Waals surface area (Å²) in [6.07, 6.45) is 0. The first-order chi connectivity index (χ1) is 7.65. The van der Waals surface area contributed by atoms with Crippen LogP contribution in [-0.4, -0.2) is 5.11 Å². The summed E-state index contributed by atoms with van der Waals surface area (Å²) < 4.78 is 5.18. The Morgan fingerprint density at radius 3 is 2.62 bits per heavy atom. The maximum atomic E-state index is 9.24. The quantitative estimate of drug-likeness (QED) is 0.820. The molecule has 0 fully saturated rings. The number of nitrogens with one attached hydrogen (secondary N) is 1. The Balaban J connectivity index is 2.02. The Labute approximate surface area is 103 Å². The molecule has 2 rings (SSSR count). The van der Waals surface area contributed by atoms with Gasteiger partial charge in [0.1, 0.15) is 11.5 Å². The average Bonchev–Trinajstić information content (AvgIpc) is 2.66. The van der Waals surface area contributed by atoms with Crippen LogP contribution in [0.1, 0.15) is 5.76 Å². The van der Waals surface area contributed by atoms with E-state index in [2.05, 4.69) is 5.32 Å². The molecule has 0 radical (unpaired) electrons. The van der Waals surface area contributed by atoms with Crippen molar-refractivity contribution in [3.8, 4) is 5.75 Å². The molecule has 0 aliphatic carbocycles. The normalized spacial score (nSPS) is 10.4. The van der Waals surface area contributed by atoms with Gasteiger partial charge in [0, 0.05) is 5.69 Å². The van der Waals surface area contributed by atoms with E-state index in [1.807, 2.05) is 0 Å². The second-order valence-electron chi connectivity index (χ2n) is 3.23. The van der Waals surface area contributed by atoms with E-state index in [4.69, 9.17) is 27.6 Å². The lowest BCUT2D eigenvalue weighted by atomic mass is 10.3. The van der Waals surface area contributed by atoms with Gasteiger partial charge in [-0.2, -0.15) is 0 Å². The van der Waals surface area contributed by atoms with Crippen LogP contribution < -0.4 is 5.32 Å². The highest BCUT2D eigenvalue weighted by Crippen LogP contribution is 2.26. The van der Waals surface area contributed by atoms with Gasteiger partial charge in [-0.3, -0.25) is 0 Å². The zero-order valence-corrected chi connectivity index (χ0v) is 9.72.